The van der Waals surface area contributed by atoms with Crippen LogP contribution in [0.4, 0.5) is 30.4 Å². The van der Waals surface area contributed by atoms with E-state index < -0.39 is 11.7 Å². The van der Waals surface area contributed by atoms with Gasteiger partial charge in [0.05, 0.1) is 41.7 Å². The van der Waals surface area contributed by atoms with Crippen LogP contribution in [0.5, 0.6) is 0 Å². The lowest BCUT2D eigenvalue weighted by Gasteiger charge is -2.35. The summed E-state index contributed by atoms with van der Waals surface area (Å²) in [6, 6.07) is 7.11. The number of alkyl halides is 3. The van der Waals surface area contributed by atoms with Crippen molar-refractivity contribution < 1.29 is 22.7 Å². The molecule has 3 heterocycles. The van der Waals surface area contributed by atoms with E-state index >= 15 is 0 Å². The molecule has 0 bridgehead atoms. The fourth-order valence-corrected chi connectivity index (χ4v) is 4.09. The Morgan fingerprint density at radius 1 is 1.03 bits per heavy atom. The number of aromatic nitrogens is 1. The van der Waals surface area contributed by atoms with E-state index in [1.54, 1.807) is 12.3 Å². The highest BCUT2D eigenvalue weighted by molar-refractivity contribution is 6.30. The number of rotatable bonds is 5. The zero-order valence-electron chi connectivity index (χ0n) is 17.9. The van der Waals surface area contributed by atoms with Crippen LogP contribution in [0.15, 0.2) is 36.5 Å². The second-order valence-corrected chi connectivity index (χ2v) is 8.41. The minimum atomic E-state index is -4.49. The molecule has 0 spiro atoms. The average molecular weight is 484 g/mol. The molecule has 11 heteroatoms. The Kier molecular flexibility index (Phi) is 7.26. The molecule has 33 heavy (non-hydrogen) atoms. The standard InChI is InChI=1S/C22H25ClF3N5O2/c23-17-2-4-20(27-14-17)31-7-5-29(6-8-31)15-21(32)28-18-13-16(22(24,25)26)1-3-19(18)30-9-11-33-12-10-30/h1-4,13-14H,5-12,15H2,(H,28,32). The highest BCUT2D eigenvalue weighted by Gasteiger charge is 2.32. The Bertz CT molecular complexity index is 959. The minimum Gasteiger partial charge on any atom is -0.378 e. The van der Waals surface area contributed by atoms with Crippen molar-refractivity contribution in [2.75, 3.05) is 74.1 Å². The number of piperazine rings is 1. The second kappa shape index (κ2) is 10.1. The zero-order valence-corrected chi connectivity index (χ0v) is 18.7. The lowest BCUT2D eigenvalue weighted by Crippen LogP contribution is -2.49. The molecular weight excluding hydrogens is 459 g/mol. The van der Waals surface area contributed by atoms with E-state index in [-0.39, 0.29) is 18.1 Å². The first-order chi connectivity index (χ1) is 15.8. The zero-order chi connectivity index (χ0) is 23.4. The number of nitrogens with one attached hydrogen (secondary N) is 1. The molecule has 2 aliphatic heterocycles. The quantitative estimate of drug-likeness (QED) is 0.704. The highest BCUT2D eigenvalue weighted by atomic mass is 35.5. The van der Waals surface area contributed by atoms with Crippen molar-refractivity contribution in [3.63, 3.8) is 0 Å². The van der Waals surface area contributed by atoms with E-state index in [9.17, 15) is 18.0 Å². The van der Waals surface area contributed by atoms with E-state index in [2.05, 4.69) is 15.2 Å². The topological polar surface area (TPSA) is 60.9 Å². The molecule has 0 atom stereocenters. The molecule has 1 aromatic carbocycles. The number of pyridine rings is 1. The molecule has 0 saturated carbocycles. The fourth-order valence-electron chi connectivity index (χ4n) is 3.98. The average Bonchev–Trinajstić information content (AvgIpc) is 2.80. The normalized spacial score (nSPS) is 17.8. The van der Waals surface area contributed by atoms with Gasteiger partial charge in [-0.05, 0) is 30.3 Å². The molecular formula is C22H25ClF3N5O2. The number of halogens is 4. The van der Waals surface area contributed by atoms with Gasteiger partial charge in [-0.2, -0.15) is 13.2 Å². The molecule has 0 unspecified atom stereocenters. The van der Waals surface area contributed by atoms with Crippen molar-refractivity contribution in [1.29, 1.82) is 0 Å². The number of anilines is 3. The van der Waals surface area contributed by atoms with Crippen molar-refractivity contribution in [3.8, 4) is 0 Å². The Labute approximate surface area is 195 Å². The van der Waals surface area contributed by atoms with Gasteiger partial charge in [0.15, 0.2) is 0 Å². The van der Waals surface area contributed by atoms with Crippen LogP contribution in [0.25, 0.3) is 0 Å². The number of carbonyl (C=O) groups excluding carboxylic acids is 1. The third kappa shape index (κ3) is 6.07. The third-order valence-electron chi connectivity index (χ3n) is 5.73. The van der Waals surface area contributed by atoms with Gasteiger partial charge in [-0.15, -0.1) is 0 Å². The molecule has 178 valence electrons. The van der Waals surface area contributed by atoms with Crippen molar-refractivity contribution in [2.45, 2.75) is 6.18 Å². The van der Waals surface area contributed by atoms with Gasteiger partial charge in [-0.25, -0.2) is 4.98 Å². The largest absolute Gasteiger partial charge is 0.416 e. The SMILES string of the molecule is O=C(CN1CCN(c2ccc(Cl)cn2)CC1)Nc1cc(C(F)(F)F)ccc1N1CCOCC1. The number of ether oxygens (including phenoxy) is 1. The number of carbonyl (C=O) groups is 1. The summed E-state index contributed by atoms with van der Waals surface area (Å²) < 4.78 is 45.2. The predicted molar refractivity (Wildman–Crippen MR) is 121 cm³/mol. The summed E-state index contributed by atoms with van der Waals surface area (Å²) in [5.74, 6) is 0.476. The summed E-state index contributed by atoms with van der Waals surface area (Å²) in [5.41, 5.74) is -0.0575. The van der Waals surface area contributed by atoms with Gasteiger partial charge in [0.1, 0.15) is 5.82 Å². The maximum Gasteiger partial charge on any atom is 0.416 e. The summed E-state index contributed by atoms with van der Waals surface area (Å²) in [7, 11) is 0. The van der Waals surface area contributed by atoms with Crippen molar-refractivity contribution in [2.24, 2.45) is 0 Å². The van der Waals surface area contributed by atoms with E-state index in [1.165, 1.54) is 6.07 Å². The maximum atomic E-state index is 13.3. The molecule has 0 radical (unpaired) electrons. The molecule has 1 amide bonds. The predicted octanol–water partition coefficient (Wildman–Crippen LogP) is 3.35. The van der Waals surface area contributed by atoms with Crippen LogP contribution in [-0.4, -0.2) is 74.8 Å². The minimum absolute atomic E-state index is 0.0979. The van der Waals surface area contributed by atoms with E-state index in [1.807, 2.05) is 15.9 Å². The monoisotopic (exact) mass is 483 g/mol. The first kappa shape index (κ1) is 23.6. The number of amides is 1. The first-order valence-corrected chi connectivity index (χ1v) is 11.1. The molecule has 1 N–H and O–H groups in total. The van der Waals surface area contributed by atoms with Gasteiger partial charge in [-0.3, -0.25) is 9.69 Å². The van der Waals surface area contributed by atoms with Gasteiger partial charge in [-0.1, -0.05) is 11.6 Å². The second-order valence-electron chi connectivity index (χ2n) is 7.98. The number of morpholine rings is 1. The lowest BCUT2D eigenvalue weighted by atomic mass is 10.1. The van der Waals surface area contributed by atoms with Crippen molar-refractivity contribution >= 4 is 34.7 Å². The number of hydrogen-bond acceptors (Lipinski definition) is 6. The molecule has 1 aromatic heterocycles. The summed E-state index contributed by atoms with van der Waals surface area (Å²) in [5, 5.41) is 3.28. The summed E-state index contributed by atoms with van der Waals surface area (Å²) in [6.45, 7) is 4.81. The lowest BCUT2D eigenvalue weighted by molar-refractivity contribution is -0.137. The van der Waals surface area contributed by atoms with Gasteiger partial charge in [0.2, 0.25) is 5.91 Å². The van der Waals surface area contributed by atoms with Gasteiger partial charge in [0.25, 0.3) is 0 Å². The Morgan fingerprint density at radius 3 is 2.39 bits per heavy atom. The van der Waals surface area contributed by atoms with Crippen LogP contribution in [0, 0.1) is 0 Å². The molecule has 2 aliphatic rings. The molecule has 2 aromatic rings. The Morgan fingerprint density at radius 2 is 1.76 bits per heavy atom. The van der Waals surface area contributed by atoms with Crippen LogP contribution in [-0.2, 0) is 15.7 Å². The van der Waals surface area contributed by atoms with E-state index in [0.29, 0.717) is 63.2 Å². The molecule has 0 aliphatic carbocycles. The van der Waals surface area contributed by atoms with Crippen molar-refractivity contribution in [3.05, 3.63) is 47.1 Å². The van der Waals surface area contributed by atoms with Crippen LogP contribution >= 0.6 is 11.6 Å². The molecule has 4 rings (SSSR count). The third-order valence-corrected chi connectivity index (χ3v) is 5.95. The van der Waals surface area contributed by atoms with Crippen LogP contribution in [0.3, 0.4) is 0 Å². The highest BCUT2D eigenvalue weighted by Crippen LogP contribution is 2.35. The summed E-state index contributed by atoms with van der Waals surface area (Å²) in [6.07, 6.45) is -2.90. The first-order valence-electron chi connectivity index (χ1n) is 10.7. The maximum absolute atomic E-state index is 13.3. The number of hydrogen-bond donors (Lipinski definition) is 1. The van der Waals surface area contributed by atoms with E-state index in [4.69, 9.17) is 16.3 Å². The molecule has 2 fully saturated rings. The summed E-state index contributed by atoms with van der Waals surface area (Å²) in [4.78, 5) is 23.1. The number of benzene rings is 1. The molecule has 2 saturated heterocycles. The van der Waals surface area contributed by atoms with E-state index in [0.717, 1.165) is 18.0 Å². The summed E-state index contributed by atoms with van der Waals surface area (Å²) >= 11 is 5.89. The Balaban J connectivity index is 1.39. The molecule has 7 nitrogen and oxygen atoms in total. The van der Waals surface area contributed by atoms with Gasteiger partial charge >= 0.3 is 6.18 Å². The van der Waals surface area contributed by atoms with Crippen LogP contribution in [0.1, 0.15) is 5.56 Å². The van der Waals surface area contributed by atoms with Gasteiger partial charge in [0, 0.05) is 45.5 Å². The number of nitrogens with zero attached hydrogens (tertiary/aromatic N) is 4. The van der Waals surface area contributed by atoms with Crippen LogP contribution in [0.2, 0.25) is 5.02 Å². The smallest absolute Gasteiger partial charge is 0.378 e. The van der Waals surface area contributed by atoms with Crippen molar-refractivity contribution in [1.82, 2.24) is 9.88 Å². The fraction of sp³-hybridized carbons (Fsp3) is 0.455. The van der Waals surface area contributed by atoms with Crippen LogP contribution < -0.4 is 15.1 Å². The van der Waals surface area contributed by atoms with Gasteiger partial charge < -0.3 is 19.9 Å². The Hall–Kier alpha value is -2.56.